The van der Waals surface area contributed by atoms with Crippen LogP contribution in [0.25, 0.3) is 0 Å². The minimum Gasteiger partial charge on any atom is -0.378 e. The van der Waals surface area contributed by atoms with E-state index < -0.39 is 0 Å². The molecule has 0 N–H and O–H groups in total. The van der Waals surface area contributed by atoms with Crippen LogP contribution in [0.1, 0.15) is 25.6 Å². The van der Waals surface area contributed by atoms with Gasteiger partial charge in [0.1, 0.15) is 0 Å². The minimum atomic E-state index is 0.470. The third kappa shape index (κ3) is 2.35. The predicted molar refractivity (Wildman–Crippen MR) is 54.3 cm³/mol. The van der Waals surface area contributed by atoms with Gasteiger partial charge in [0.25, 0.3) is 0 Å². The van der Waals surface area contributed by atoms with Crippen molar-refractivity contribution in [3.63, 3.8) is 0 Å². The Bertz CT molecular complexity index is 320. The zero-order valence-corrected chi connectivity index (χ0v) is 9.43. The zero-order valence-electron chi connectivity index (χ0n) is 9.43. The molecule has 1 aliphatic heterocycles. The molecule has 0 aliphatic carbocycles. The Morgan fingerprint density at radius 1 is 1.47 bits per heavy atom. The van der Waals surface area contributed by atoms with Gasteiger partial charge in [-0.25, -0.2) is 0 Å². The minimum absolute atomic E-state index is 0.470. The number of nitrogens with zero attached hydrogens (tertiary/aromatic N) is 3. The molecule has 2 rings (SSSR count). The molecule has 0 saturated carbocycles. The van der Waals surface area contributed by atoms with Crippen molar-refractivity contribution in [2.75, 3.05) is 13.2 Å². The summed E-state index contributed by atoms with van der Waals surface area (Å²) in [6.45, 7) is 8.52. The molecule has 1 aromatic rings. The maximum Gasteiger partial charge on any atom is 0.223 e. The first kappa shape index (κ1) is 10.6. The molecule has 84 valence electrons. The summed E-state index contributed by atoms with van der Waals surface area (Å²) in [6.07, 6.45) is 0. The Hall–Kier alpha value is -0.940. The molecule has 15 heavy (non-hydrogen) atoms. The number of aryl methyl sites for hydroxylation is 1. The van der Waals surface area contributed by atoms with E-state index >= 15 is 0 Å². The van der Waals surface area contributed by atoms with Gasteiger partial charge in [0.15, 0.2) is 5.82 Å². The number of aromatic nitrogens is 2. The topological polar surface area (TPSA) is 51.4 Å². The summed E-state index contributed by atoms with van der Waals surface area (Å²) in [5.74, 6) is 1.38. The third-order valence-corrected chi connectivity index (χ3v) is 2.65. The standard InChI is InChI=1S/C10H17N3O2/c1-7(2)13(9-5-14-6-9)4-10-11-8(3)15-12-10/h7,9H,4-6H2,1-3H3. The highest BCUT2D eigenvalue weighted by Gasteiger charge is 2.28. The first-order chi connectivity index (χ1) is 7.16. The molecule has 5 nitrogen and oxygen atoms in total. The average Bonchev–Trinajstić information content (AvgIpc) is 2.47. The molecule has 0 radical (unpaired) electrons. The van der Waals surface area contributed by atoms with Gasteiger partial charge in [-0.2, -0.15) is 4.98 Å². The molecule has 1 fully saturated rings. The largest absolute Gasteiger partial charge is 0.378 e. The first-order valence-corrected chi connectivity index (χ1v) is 5.29. The highest BCUT2D eigenvalue weighted by atomic mass is 16.5. The fraction of sp³-hybridized carbons (Fsp3) is 0.800. The number of hydrogen-bond acceptors (Lipinski definition) is 5. The van der Waals surface area contributed by atoms with E-state index in [0.29, 0.717) is 18.0 Å². The summed E-state index contributed by atoms with van der Waals surface area (Å²) in [7, 11) is 0. The molecule has 0 bridgehead atoms. The van der Waals surface area contributed by atoms with Crippen LogP contribution in [0, 0.1) is 6.92 Å². The normalized spacial score (nSPS) is 17.4. The van der Waals surface area contributed by atoms with E-state index in [1.807, 2.05) is 6.92 Å². The van der Waals surface area contributed by atoms with E-state index in [9.17, 15) is 0 Å². The second-order valence-electron chi connectivity index (χ2n) is 4.19. The Labute approximate surface area is 89.4 Å². The van der Waals surface area contributed by atoms with Crippen molar-refractivity contribution in [3.8, 4) is 0 Å². The lowest BCUT2D eigenvalue weighted by molar-refractivity contribution is -0.0793. The summed E-state index contributed by atoms with van der Waals surface area (Å²) >= 11 is 0. The lowest BCUT2D eigenvalue weighted by Gasteiger charge is -2.39. The van der Waals surface area contributed by atoms with Crippen LogP contribution in [0.4, 0.5) is 0 Å². The predicted octanol–water partition coefficient (Wildman–Crippen LogP) is 0.987. The van der Waals surface area contributed by atoms with Gasteiger partial charge in [-0.3, -0.25) is 4.90 Å². The molecule has 0 atom stereocenters. The maximum atomic E-state index is 5.20. The van der Waals surface area contributed by atoms with E-state index in [0.717, 1.165) is 25.6 Å². The summed E-state index contributed by atoms with van der Waals surface area (Å²) < 4.78 is 10.2. The first-order valence-electron chi connectivity index (χ1n) is 5.29. The fourth-order valence-electron chi connectivity index (χ4n) is 1.72. The van der Waals surface area contributed by atoms with Crippen molar-refractivity contribution < 1.29 is 9.26 Å². The van der Waals surface area contributed by atoms with Crippen molar-refractivity contribution in [2.24, 2.45) is 0 Å². The summed E-state index contributed by atoms with van der Waals surface area (Å²) in [5.41, 5.74) is 0. The van der Waals surface area contributed by atoms with Crippen molar-refractivity contribution in [3.05, 3.63) is 11.7 Å². The molecular weight excluding hydrogens is 194 g/mol. The van der Waals surface area contributed by atoms with E-state index in [1.165, 1.54) is 0 Å². The van der Waals surface area contributed by atoms with Crippen LogP contribution < -0.4 is 0 Å². The van der Waals surface area contributed by atoms with Gasteiger partial charge < -0.3 is 9.26 Å². The molecule has 0 aromatic carbocycles. The molecule has 0 unspecified atom stereocenters. The van der Waals surface area contributed by atoms with Gasteiger partial charge in [-0.1, -0.05) is 5.16 Å². The average molecular weight is 211 g/mol. The van der Waals surface area contributed by atoms with E-state index in [-0.39, 0.29) is 0 Å². The molecule has 0 spiro atoms. The monoisotopic (exact) mass is 211 g/mol. The lowest BCUT2D eigenvalue weighted by atomic mass is 10.1. The van der Waals surface area contributed by atoms with Gasteiger partial charge >= 0.3 is 0 Å². The van der Waals surface area contributed by atoms with Crippen molar-refractivity contribution in [1.29, 1.82) is 0 Å². The highest BCUT2D eigenvalue weighted by Crippen LogP contribution is 2.16. The molecule has 2 heterocycles. The third-order valence-electron chi connectivity index (χ3n) is 2.65. The SMILES string of the molecule is Cc1nc(CN(C(C)C)C2COC2)no1. The second-order valence-corrected chi connectivity index (χ2v) is 4.19. The van der Waals surface area contributed by atoms with Crippen LogP contribution in [0.2, 0.25) is 0 Å². The van der Waals surface area contributed by atoms with Crippen LogP contribution in [0.15, 0.2) is 4.52 Å². The smallest absolute Gasteiger partial charge is 0.223 e. The van der Waals surface area contributed by atoms with Crippen LogP contribution in [-0.4, -0.2) is 40.3 Å². The van der Waals surface area contributed by atoms with Crippen LogP contribution in [0.5, 0.6) is 0 Å². The van der Waals surface area contributed by atoms with Gasteiger partial charge in [-0.15, -0.1) is 0 Å². The number of ether oxygens (including phenoxy) is 1. The molecule has 0 amide bonds. The Kier molecular flexibility index (Phi) is 3.02. The molecular formula is C10H17N3O2. The van der Waals surface area contributed by atoms with Crippen LogP contribution in [0.3, 0.4) is 0 Å². The van der Waals surface area contributed by atoms with Gasteiger partial charge in [0.2, 0.25) is 5.89 Å². The van der Waals surface area contributed by atoms with Crippen LogP contribution in [-0.2, 0) is 11.3 Å². The highest BCUT2D eigenvalue weighted by molar-refractivity contribution is 4.88. The zero-order chi connectivity index (χ0) is 10.8. The summed E-state index contributed by atoms with van der Waals surface area (Å²) in [5, 5.41) is 3.91. The summed E-state index contributed by atoms with van der Waals surface area (Å²) in [4.78, 5) is 6.55. The molecule has 5 heteroatoms. The molecule has 1 aliphatic rings. The van der Waals surface area contributed by atoms with E-state index in [1.54, 1.807) is 0 Å². The van der Waals surface area contributed by atoms with Crippen LogP contribution >= 0.6 is 0 Å². The Morgan fingerprint density at radius 3 is 2.60 bits per heavy atom. The van der Waals surface area contributed by atoms with E-state index in [4.69, 9.17) is 9.26 Å². The van der Waals surface area contributed by atoms with Gasteiger partial charge in [0, 0.05) is 13.0 Å². The van der Waals surface area contributed by atoms with E-state index in [2.05, 4.69) is 28.9 Å². The number of rotatable bonds is 4. The lowest BCUT2D eigenvalue weighted by Crippen LogP contribution is -2.51. The summed E-state index contributed by atoms with van der Waals surface area (Å²) in [6, 6.07) is 0.974. The Balaban J connectivity index is 1.99. The van der Waals surface area contributed by atoms with Crippen molar-refractivity contribution in [2.45, 2.75) is 39.4 Å². The van der Waals surface area contributed by atoms with Crippen molar-refractivity contribution in [1.82, 2.24) is 15.0 Å². The number of hydrogen-bond donors (Lipinski definition) is 0. The molecule has 1 aromatic heterocycles. The molecule has 1 saturated heterocycles. The Morgan fingerprint density at radius 2 is 2.20 bits per heavy atom. The fourth-order valence-corrected chi connectivity index (χ4v) is 1.72. The maximum absolute atomic E-state index is 5.20. The second kappa shape index (κ2) is 4.28. The van der Waals surface area contributed by atoms with Crippen molar-refractivity contribution >= 4 is 0 Å². The van der Waals surface area contributed by atoms with Gasteiger partial charge in [0.05, 0.1) is 25.8 Å². The van der Waals surface area contributed by atoms with Gasteiger partial charge in [-0.05, 0) is 13.8 Å². The quantitative estimate of drug-likeness (QED) is 0.743.